The Morgan fingerprint density at radius 3 is 2.43 bits per heavy atom. The minimum atomic E-state index is -3.78. The second kappa shape index (κ2) is 6.48. The lowest BCUT2D eigenvalue weighted by Crippen LogP contribution is -2.48. The molecule has 1 aliphatic carbocycles. The maximum atomic E-state index is 13.0. The van der Waals surface area contributed by atoms with Gasteiger partial charge in [-0.25, -0.2) is 12.7 Å². The van der Waals surface area contributed by atoms with Crippen LogP contribution in [-0.2, 0) is 14.8 Å². The SMILES string of the molecule is Cc1ccc(S(=O)(=O)N2C(=O)CCCC2C2=CCCCC2)cc1. The fourth-order valence-electron chi connectivity index (χ4n) is 3.47. The van der Waals surface area contributed by atoms with E-state index in [1.54, 1.807) is 24.3 Å². The van der Waals surface area contributed by atoms with Gasteiger partial charge in [0.2, 0.25) is 5.91 Å². The number of hydrogen-bond donors (Lipinski definition) is 0. The molecule has 1 heterocycles. The Labute approximate surface area is 138 Å². The van der Waals surface area contributed by atoms with Gasteiger partial charge >= 0.3 is 0 Å². The summed E-state index contributed by atoms with van der Waals surface area (Å²) >= 11 is 0. The number of hydrogen-bond acceptors (Lipinski definition) is 3. The molecule has 4 nitrogen and oxygen atoms in total. The summed E-state index contributed by atoms with van der Waals surface area (Å²) in [5.74, 6) is -0.270. The van der Waals surface area contributed by atoms with Crippen LogP contribution in [0.3, 0.4) is 0 Å². The van der Waals surface area contributed by atoms with E-state index in [0.29, 0.717) is 6.42 Å². The van der Waals surface area contributed by atoms with E-state index < -0.39 is 10.0 Å². The number of amides is 1. The van der Waals surface area contributed by atoms with Crippen LogP contribution in [0.25, 0.3) is 0 Å². The molecule has 1 aliphatic heterocycles. The van der Waals surface area contributed by atoms with Gasteiger partial charge in [0.05, 0.1) is 10.9 Å². The average Bonchev–Trinajstić information content (AvgIpc) is 2.55. The average molecular weight is 333 g/mol. The Morgan fingerprint density at radius 1 is 1.04 bits per heavy atom. The van der Waals surface area contributed by atoms with Gasteiger partial charge < -0.3 is 0 Å². The smallest absolute Gasteiger partial charge is 0.267 e. The van der Waals surface area contributed by atoms with Gasteiger partial charge in [-0.15, -0.1) is 0 Å². The molecule has 0 saturated carbocycles. The standard InChI is InChI=1S/C18H23NO3S/c1-14-10-12-16(13-11-14)23(21,22)19-17(8-5-9-18(19)20)15-6-3-2-4-7-15/h6,10-13,17H,2-5,7-9H2,1H3. The molecule has 1 unspecified atom stereocenters. The van der Waals surface area contributed by atoms with Crippen molar-refractivity contribution in [2.75, 3.05) is 0 Å². The van der Waals surface area contributed by atoms with Gasteiger partial charge in [-0.2, -0.15) is 0 Å². The summed E-state index contributed by atoms with van der Waals surface area (Å²) in [5.41, 5.74) is 2.13. The van der Waals surface area contributed by atoms with Crippen LogP contribution in [0.5, 0.6) is 0 Å². The Hall–Kier alpha value is -1.62. The molecular formula is C18H23NO3S. The monoisotopic (exact) mass is 333 g/mol. The van der Waals surface area contributed by atoms with E-state index in [4.69, 9.17) is 0 Å². The van der Waals surface area contributed by atoms with Crippen LogP contribution < -0.4 is 0 Å². The number of aryl methyl sites for hydroxylation is 1. The number of rotatable bonds is 3. The Morgan fingerprint density at radius 2 is 1.78 bits per heavy atom. The summed E-state index contributed by atoms with van der Waals surface area (Å²) in [6.07, 6.45) is 8.07. The highest BCUT2D eigenvalue weighted by Crippen LogP contribution is 2.34. The van der Waals surface area contributed by atoms with Crippen molar-refractivity contribution in [3.63, 3.8) is 0 Å². The molecule has 1 aromatic rings. The van der Waals surface area contributed by atoms with Crippen LogP contribution in [0.2, 0.25) is 0 Å². The third kappa shape index (κ3) is 3.20. The van der Waals surface area contributed by atoms with E-state index in [-0.39, 0.29) is 16.8 Å². The third-order valence-corrected chi connectivity index (χ3v) is 6.57. The zero-order valence-corrected chi connectivity index (χ0v) is 14.3. The number of sulfonamides is 1. The first kappa shape index (κ1) is 16.2. The number of carbonyl (C=O) groups excluding carboxylic acids is 1. The van der Waals surface area contributed by atoms with Crippen molar-refractivity contribution < 1.29 is 13.2 Å². The number of carbonyl (C=O) groups is 1. The number of piperidine rings is 1. The zero-order chi connectivity index (χ0) is 16.4. The summed E-state index contributed by atoms with van der Waals surface area (Å²) in [4.78, 5) is 12.7. The van der Waals surface area contributed by atoms with E-state index in [9.17, 15) is 13.2 Å². The lowest BCUT2D eigenvalue weighted by atomic mass is 9.89. The summed E-state index contributed by atoms with van der Waals surface area (Å²) in [5, 5.41) is 0. The van der Waals surface area contributed by atoms with Gasteiger partial charge in [0, 0.05) is 6.42 Å². The molecule has 0 aromatic heterocycles. The highest BCUT2D eigenvalue weighted by atomic mass is 32.2. The molecule has 0 bridgehead atoms. The first-order valence-corrected chi connectivity index (χ1v) is 9.77. The van der Waals surface area contributed by atoms with E-state index >= 15 is 0 Å². The van der Waals surface area contributed by atoms with E-state index in [1.165, 1.54) is 4.31 Å². The van der Waals surface area contributed by atoms with Crippen molar-refractivity contribution in [1.82, 2.24) is 4.31 Å². The maximum absolute atomic E-state index is 13.0. The molecule has 1 saturated heterocycles. The molecule has 0 N–H and O–H groups in total. The Bertz CT molecular complexity index is 719. The molecule has 124 valence electrons. The van der Waals surface area contributed by atoms with Gasteiger partial charge in [0.15, 0.2) is 0 Å². The predicted octanol–water partition coefficient (Wildman–Crippen LogP) is 3.57. The Kier molecular flexibility index (Phi) is 4.57. The minimum Gasteiger partial charge on any atom is -0.274 e. The van der Waals surface area contributed by atoms with Crippen LogP contribution >= 0.6 is 0 Å². The molecule has 1 amide bonds. The van der Waals surface area contributed by atoms with Crippen molar-refractivity contribution in [2.24, 2.45) is 0 Å². The Balaban J connectivity index is 1.99. The second-order valence-electron chi connectivity index (χ2n) is 6.44. The van der Waals surface area contributed by atoms with Gasteiger partial charge in [-0.05, 0) is 57.6 Å². The van der Waals surface area contributed by atoms with Crippen LogP contribution in [0.15, 0.2) is 40.8 Å². The lowest BCUT2D eigenvalue weighted by molar-refractivity contribution is -0.129. The van der Waals surface area contributed by atoms with Gasteiger partial charge in [0.25, 0.3) is 10.0 Å². The van der Waals surface area contributed by atoms with Crippen molar-refractivity contribution in [3.05, 3.63) is 41.5 Å². The summed E-state index contributed by atoms with van der Waals surface area (Å²) in [6, 6.07) is 6.45. The van der Waals surface area contributed by atoms with Gasteiger partial charge in [-0.3, -0.25) is 4.79 Å². The molecule has 5 heteroatoms. The van der Waals surface area contributed by atoms with Crippen LogP contribution in [0, 0.1) is 6.92 Å². The number of allylic oxidation sites excluding steroid dienone is 1. The largest absolute Gasteiger partial charge is 0.274 e. The summed E-state index contributed by atoms with van der Waals surface area (Å²) < 4.78 is 27.2. The number of nitrogens with zero attached hydrogens (tertiary/aromatic N) is 1. The molecule has 0 radical (unpaired) electrons. The normalized spacial score (nSPS) is 22.8. The molecule has 3 rings (SSSR count). The molecular weight excluding hydrogens is 310 g/mol. The van der Waals surface area contributed by atoms with Crippen molar-refractivity contribution in [3.8, 4) is 0 Å². The van der Waals surface area contributed by atoms with Gasteiger partial charge in [0.1, 0.15) is 0 Å². The van der Waals surface area contributed by atoms with Crippen LogP contribution in [0.1, 0.15) is 50.5 Å². The second-order valence-corrected chi connectivity index (χ2v) is 8.26. The molecule has 0 spiro atoms. The van der Waals surface area contributed by atoms with Crippen LogP contribution in [0.4, 0.5) is 0 Å². The lowest BCUT2D eigenvalue weighted by Gasteiger charge is -2.37. The molecule has 1 aromatic carbocycles. The summed E-state index contributed by atoms with van der Waals surface area (Å²) in [7, 11) is -3.78. The zero-order valence-electron chi connectivity index (χ0n) is 13.5. The first-order chi connectivity index (χ1) is 11.0. The minimum absolute atomic E-state index is 0.208. The first-order valence-electron chi connectivity index (χ1n) is 8.33. The third-order valence-electron chi connectivity index (χ3n) is 4.73. The maximum Gasteiger partial charge on any atom is 0.267 e. The molecule has 23 heavy (non-hydrogen) atoms. The van der Waals surface area contributed by atoms with Crippen molar-refractivity contribution in [2.45, 2.75) is 62.8 Å². The topological polar surface area (TPSA) is 54.5 Å². The van der Waals surface area contributed by atoms with E-state index in [0.717, 1.165) is 49.7 Å². The number of benzene rings is 1. The molecule has 1 fully saturated rings. The van der Waals surface area contributed by atoms with E-state index in [2.05, 4.69) is 6.08 Å². The fourth-order valence-corrected chi connectivity index (χ4v) is 5.12. The predicted molar refractivity (Wildman–Crippen MR) is 89.4 cm³/mol. The highest BCUT2D eigenvalue weighted by Gasteiger charge is 2.39. The van der Waals surface area contributed by atoms with Crippen LogP contribution in [-0.4, -0.2) is 24.7 Å². The fraction of sp³-hybridized carbons (Fsp3) is 0.500. The quantitative estimate of drug-likeness (QED) is 0.795. The summed E-state index contributed by atoms with van der Waals surface area (Å²) in [6.45, 7) is 1.91. The molecule has 1 atom stereocenters. The van der Waals surface area contributed by atoms with Crippen molar-refractivity contribution >= 4 is 15.9 Å². The van der Waals surface area contributed by atoms with E-state index in [1.807, 2.05) is 6.92 Å². The van der Waals surface area contributed by atoms with Crippen molar-refractivity contribution in [1.29, 1.82) is 0 Å². The highest BCUT2D eigenvalue weighted by molar-refractivity contribution is 7.89. The molecule has 2 aliphatic rings. The van der Waals surface area contributed by atoms with Gasteiger partial charge in [-0.1, -0.05) is 29.3 Å².